The number of hydrogen-bond donors (Lipinski definition) is 2. The number of carboxylic acids is 1. The van der Waals surface area contributed by atoms with Crippen LogP contribution in [0.3, 0.4) is 0 Å². The molecule has 1 rings (SSSR count). The van der Waals surface area contributed by atoms with E-state index in [9.17, 15) is 13.2 Å². The van der Waals surface area contributed by atoms with Crippen molar-refractivity contribution in [3.05, 3.63) is 23.4 Å². The largest absolute Gasteiger partial charge is 0.476 e. The average molecular weight is 276 g/mol. The van der Waals surface area contributed by atoms with E-state index in [2.05, 4.69) is 9.71 Å². The molecule has 0 aliphatic heterocycles. The number of sulfonamides is 1. The number of hydrogen-bond acceptors (Lipinski definition) is 5. The van der Waals surface area contributed by atoms with Gasteiger partial charge in [0.05, 0.1) is 5.51 Å². The SMILES string of the molecule is C/C=C/CCNS(=O)(=O)c1scnc1C(=O)O. The molecule has 0 saturated carbocycles. The van der Waals surface area contributed by atoms with Crippen LogP contribution in [0.5, 0.6) is 0 Å². The lowest BCUT2D eigenvalue weighted by atomic mass is 10.4. The first kappa shape index (κ1) is 13.8. The van der Waals surface area contributed by atoms with E-state index in [1.54, 1.807) is 0 Å². The molecule has 0 aromatic carbocycles. The number of rotatable bonds is 6. The summed E-state index contributed by atoms with van der Waals surface area (Å²) in [4.78, 5) is 14.3. The van der Waals surface area contributed by atoms with Crippen LogP contribution in [0.15, 0.2) is 21.9 Å². The third kappa shape index (κ3) is 3.62. The molecular weight excluding hydrogens is 264 g/mol. The van der Waals surface area contributed by atoms with E-state index in [0.717, 1.165) is 11.3 Å². The lowest BCUT2D eigenvalue weighted by molar-refractivity contribution is 0.0687. The van der Waals surface area contributed by atoms with Crippen LogP contribution in [-0.4, -0.2) is 31.0 Å². The summed E-state index contributed by atoms with van der Waals surface area (Å²) in [5.74, 6) is -1.35. The van der Waals surface area contributed by atoms with Gasteiger partial charge in [0, 0.05) is 6.54 Å². The molecule has 0 radical (unpaired) electrons. The van der Waals surface area contributed by atoms with Crippen LogP contribution in [0.1, 0.15) is 23.8 Å². The van der Waals surface area contributed by atoms with E-state index in [0.29, 0.717) is 6.42 Å². The molecule has 0 fully saturated rings. The predicted octanol–water partition coefficient (Wildman–Crippen LogP) is 1.09. The number of carbonyl (C=O) groups is 1. The number of carboxylic acid groups (broad SMARTS) is 1. The van der Waals surface area contributed by atoms with Crippen LogP contribution in [0, 0.1) is 0 Å². The van der Waals surface area contributed by atoms with E-state index < -0.39 is 21.7 Å². The molecule has 0 unspecified atom stereocenters. The summed E-state index contributed by atoms with van der Waals surface area (Å²) in [6, 6.07) is 0. The van der Waals surface area contributed by atoms with Crippen LogP contribution in [0.2, 0.25) is 0 Å². The van der Waals surface area contributed by atoms with Crippen molar-refractivity contribution in [2.75, 3.05) is 6.54 Å². The predicted molar refractivity (Wildman–Crippen MR) is 63.7 cm³/mol. The summed E-state index contributed by atoms with van der Waals surface area (Å²) in [7, 11) is -3.78. The van der Waals surface area contributed by atoms with Gasteiger partial charge in [0.25, 0.3) is 10.0 Å². The first-order valence-electron chi connectivity index (χ1n) is 4.76. The summed E-state index contributed by atoms with van der Waals surface area (Å²) < 4.78 is 25.6. The lowest BCUT2D eigenvalue weighted by Crippen LogP contribution is -2.25. The Morgan fingerprint density at radius 3 is 2.94 bits per heavy atom. The molecule has 0 spiro atoms. The number of thiazole rings is 1. The summed E-state index contributed by atoms with van der Waals surface area (Å²) in [6.45, 7) is 2.06. The molecule has 1 aromatic rings. The smallest absolute Gasteiger partial charge is 0.356 e. The Labute approximate surface area is 103 Å². The molecule has 0 aliphatic rings. The summed E-state index contributed by atoms with van der Waals surface area (Å²) in [6.07, 6.45) is 4.17. The third-order valence-corrected chi connectivity index (χ3v) is 4.65. The second-order valence-electron chi connectivity index (χ2n) is 3.05. The molecule has 0 aliphatic carbocycles. The quantitative estimate of drug-likeness (QED) is 0.599. The Bertz CT molecular complexity index is 519. The monoisotopic (exact) mass is 276 g/mol. The van der Waals surface area contributed by atoms with E-state index in [4.69, 9.17) is 5.11 Å². The molecule has 0 atom stereocenters. The Balaban J connectivity index is 2.83. The minimum absolute atomic E-state index is 0.226. The van der Waals surface area contributed by atoms with Gasteiger partial charge < -0.3 is 5.11 Å². The highest BCUT2D eigenvalue weighted by Gasteiger charge is 2.24. The van der Waals surface area contributed by atoms with Gasteiger partial charge in [-0.05, 0) is 13.3 Å². The summed E-state index contributed by atoms with van der Waals surface area (Å²) in [5, 5.41) is 8.77. The van der Waals surface area contributed by atoms with Crippen molar-refractivity contribution in [1.29, 1.82) is 0 Å². The third-order valence-electron chi connectivity index (χ3n) is 1.82. The first-order chi connectivity index (χ1) is 7.99. The normalized spacial score (nSPS) is 12.1. The molecule has 1 heterocycles. The fourth-order valence-electron chi connectivity index (χ4n) is 1.08. The maximum atomic E-state index is 11.8. The minimum Gasteiger partial charge on any atom is -0.476 e. The van der Waals surface area contributed by atoms with Crippen LogP contribution in [0.4, 0.5) is 0 Å². The number of allylic oxidation sites excluding steroid dienone is 1. The average Bonchev–Trinajstić information content (AvgIpc) is 2.74. The van der Waals surface area contributed by atoms with Gasteiger partial charge in [0.1, 0.15) is 0 Å². The summed E-state index contributed by atoms with van der Waals surface area (Å²) >= 11 is 0.788. The van der Waals surface area contributed by atoms with Gasteiger partial charge in [-0.3, -0.25) is 0 Å². The van der Waals surface area contributed by atoms with Gasteiger partial charge in [-0.2, -0.15) is 0 Å². The molecule has 0 bridgehead atoms. The maximum Gasteiger partial charge on any atom is 0.356 e. The van der Waals surface area contributed by atoms with Gasteiger partial charge in [0.2, 0.25) is 0 Å². The Kier molecular flexibility index (Phi) is 4.79. The molecule has 94 valence electrons. The zero-order chi connectivity index (χ0) is 12.9. The van der Waals surface area contributed by atoms with Crippen LogP contribution < -0.4 is 4.72 Å². The number of aromatic carboxylic acids is 1. The zero-order valence-corrected chi connectivity index (χ0v) is 10.7. The number of nitrogens with zero attached hydrogens (tertiary/aromatic N) is 1. The molecule has 0 amide bonds. The highest BCUT2D eigenvalue weighted by molar-refractivity contribution is 7.91. The van der Waals surface area contributed by atoms with Crippen molar-refractivity contribution in [2.45, 2.75) is 17.6 Å². The molecule has 8 heteroatoms. The number of aromatic nitrogens is 1. The van der Waals surface area contributed by atoms with E-state index in [1.807, 2.05) is 19.1 Å². The van der Waals surface area contributed by atoms with Gasteiger partial charge in [-0.1, -0.05) is 12.2 Å². The first-order valence-corrected chi connectivity index (χ1v) is 7.13. The van der Waals surface area contributed by atoms with Gasteiger partial charge in [-0.15, -0.1) is 11.3 Å². The molecule has 2 N–H and O–H groups in total. The van der Waals surface area contributed by atoms with E-state index in [-0.39, 0.29) is 10.8 Å². The molecule has 0 saturated heterocycles. The van der Waals surface area contributed by atoms with Crippen molar-refractivity contribution in [3.8, 4) is 0 Å². The minimum atomic E-state index is -3.78. The van der Waals surface area contributed by atoms with Crippen molar-refractivity contribution in [1.82, 2.24) is 9.71 Å². The fourth-order valence-corrected chi connectivity index (χ4v) is 3.31. The molecule has 17 heavy (non-hydrogen) atoms. The Hall–Kier alpha value is -1.25. The van der Waals surface area contributed by atoms with Crippen LogP contribution >= 0.6 is 11.3 Å². The van der Waals surface area contributed by atoms with Crippen molar-refractivity contribution in [3.63, 3.8) is 0 Å². The van der Waals surface area contributed by atoms with Crippen LogP contribution in [-0.2, 0) is 10.0 Å². The highest BCUT2D eigenvalue weighted by atomic mass is 32.2. The topological polar surface area (TPSA) is 96.4 Å². The maximum absolute atomic E-state index is 11.8. The number of nitrogens with one attached hydrogen (secondary N) is 1. The molecular formula is C9H12N2O4S2. The molecule has 1 aromatic heterocycles. The van der Waals surface area contributed by atoms with Crippen molar-refractivity contribution >= 4 is 27.3 Å². The Morgan fingerprint density at radius 1 is 1.65 bits per heavy atom. The summed E-state index contributed by atoms with van der Waals surface area (Å²) in [5.41, 5.74) is 0.762. The fraction of sp³-hybridized carbons (Fsp3) is 0.333. The second kappa shape index (κ2) is 5.89. The van der Waals surface area contributed by atoms with Crippen LogP contribution in [0.25, 0.3) is 0 Å². The zero-order valence-electron chi connectivity index (χ0n) is 9.08. The molecule has 6 nitrogen and oxygen atoms in total. The van der Waals surface area contributed by atoms with E-state index >= 15 is 0 Å². The lowest BCUT2D eigenvalue weighted by Gasteiger charge is -2.03. The second-order valence-corrected chi connectivity index (χ2v) is 5.87. The van der Waals surface area contributed by atoms with E-state index in [1.165, 1.54) is 5.51 Å². The van der Waals surface area contributed by atoms with Gasteiger partial charge in [-0.25, -0.2) is 22.9 Å². The van der Waals surface area contributed by atoms with Crippen molar-refractivity contribution in [2.24, 2.45) is 0 Å². The highest BCUT2D eigenvalue weighted by Crippen LogP contribution is 2.19. The van der Waals surface area contributed by atoms with Gasteiger partial charge in [0.15, 0.2) is 9.90 Å². The van der Waals surface area contributed by atoms with Gasteiger partial charge >= 0.3 is 5.97 Å². The van der Waals surface area contributed by atoms with Crippen molar-refractivity contribution < 1.29 is 18.3 Å². The standard InChI is InChI=1S/C9H12N2O4S2/c1-2-3-4-5-11-17(14,15)9-7(8(12)13)10-6-16-9/h2-3,6,11H,4-5H2,1H3,(H,12,13)/b3-2+. The Morgan fingerprint density at radius 2 is 2.35 bits per heavy atom.